The highest BCUT2D eigenvalue weighted by molar-refractivity contribution is 6.99. The average Bonchev–Trinajstić information content (AvgIpc) is 1.40. The molecule has 18 aromatic carbocycles. The van der Waals surface area contributed by atoms with Crippen molar-refractivity contribution in [2.45, 2.75) is 10.8 Å². The Morgan fingerprint density at radius 1 is 0.293 bits per heavy atom. The molecule has 116 heavy (non-hydrogen) atoms. The van der Waals surface area contributed by atoms with Crippen LogP contribution in [0.5, 0.6) is 11.5 Å². The van der Waals surface area contributed by atoms with Gasteiger partial charge >= 0.3 is 0 Å². The monoisotopic (exact) mass is 1480 g/mol. The summed E-state index contributed by atoms with van der Waals surface area (Å²) in [6.07, 6.45) is 0. The van der Waals surface area contributed by atoms with Gasteiger partial charge in [-0.25, -0.2) is 0 Å². The summed E-state index contributed by atoms with van der Waals surface area (Å²) in [7, 11) is 0. The third-order valence-corrected chi connectivity index (χ3v) is 25.4. The zero-order valence-electron chi connectivity index (χ0n) is 70.4. The molecule has 0 saturated heterocycles. The van der Waals surface area contributed by atoms with Crippen molar-refractivity contribution in [2.75, 3.05) is 4.90 Å². The molecule has 0 spiro atoms. The molecule has 0 radical (unpaired) electrons. The second-order valence-corrected chi connectivity index (χ2v) is 31.0. The van der Waals surface area contributed by atoms with E-state index in [4.69, 9.17) is 9.15 Å². The second-order valence-electron chi connectivity index (χ2n) is 31.0. The SMILES string of the molecule is [2H]c1c([2H])c([2H])c2c(c1[2H])c1c([2H])c([2H])c([2H])c([2H])c1n2-c1ccc2c(c1)N(c1c(-c3ccc4c(c3)C(c3ccccc3)(c3ccccc3)c3ccccc3-4)cccc1-c1ccc3c(c1)C(c1ccccc1)(c1ccccc1)c1ccccc1-3)c1cc(-c3ccc4oc5ccccc5c4c3)cc3c1B2c1ccc2c(c1O3)c1ccccc1n2-c1ccccc1. The van der Waals surface area contributed by atoms with Gasteiger partial charge in [0.2, 0.25) is 0 Å². The fraction of sp³-hybridized carbons (Fsp3) is 0.0182. The lowest BCUT2D eigenvalue weighted by atomic mass is 9.34. The summed E-state index contributed by atoms with van der Waals surface area (Å²) in [6, 6.07) is 127. The maximum absolute atomic E-state index is 10.1. The molecule has 0 N–H and O–H groups in total. The largest absolute Gasteiger partial charge is 0.458 e. The van der Waals surface area contributed by atoms with E-state index in [1.165, 1.54) is 11.1 Å². The van der Waals surface area contributed by atoms with Gasteiger partial charge in [0.05, 0.1) is 54.9 Å². The van der Waals surface area contributed by atoms with E-state index in [-0.39, 0.29) is 21.8 Å². The van der Waals surface area contributed by atoms with E-state index < -0.39 is 65.9 Å². The average molecular weight is 1480 g/mol. The van der Waals surface area contributed by atoms with Crippen molar-refractivity contribution in [1.82, 2.24) is 9.13 Å². The Morgan fingerprint density at radius 2 is 0.784 bits per heavy atom. The fourth-order valence-corrected chi connectivity index (χ4v) is 20.7. The van der Waals surface area contributed by atoms with Crippen molar-refractivity contribution in [3.05, 3.63) is 457 Å². The molecule has 6 heteroatoms. The molecule has 0 saturated carbocycles. The van der Waals surface area contributed by atoms with Gasteiger partial charge < -0.3 is 23.2 Å². The minimum absolute atomic E-state index is 0.0102. The van der Waals surface area contributed by atoms with E-state index in [1.807, 2.05) is 30.3 Å². The van der Waals surface area contributed by atoms with Gasteiger partial charge in [0.1, 0.15) is 22.7 Å². The molecule has 3 aromatic heterocycles. The Morgan fingerprint density at radius 3 is 1.40 bits per heavy atom. The number of aromatic nitrogens is 2. The molecule has 2 aliphatic heterocycles. The second kappa shape index (κ2) is 24.8. The number of rotatable bonds is 10. The lowest BCUT2D eigenvalue weighted by Crippen LogP contribution is -2.59. The number of furan rings is 1. The first kappa shape index (κ1) is 57.1. The van der Waals surface area contributed by atoms with Gasteiger partial charge in [0, 0.05) is 60.8 Å². The molecule has 2 aliphatic carbocycles. The number of fused-ring (bicyclic) bond motifs is 20. The number of hydrogen-bond donors (Lipinski definition) is 0. The van der Waals surface area contributed by atoms with Gasteiger partial charge in [-0.15, -0.1) is 0 Å². The van der Waals surface area contributed by atoms with Crippen molar-refractivity contribution in [1.29, 1.82) is 0 Å². The van der Waals surface area contributed by atoms with E-state index in [9.17, 15) is 11.0 Å². The molecule has 0 bridgehead atoms. The Bertz CT molecular complexity index is 7860. The Kier molecular flexibility index (Phi) is 12.2. The zero-order valence-corrected chi connectivity index (χ0v) is 62.4. The predicted octanol–water partition coefficient (Wildman–Crippen LogP) is 25.9. The minimum atomic E-state index is -0.805. The van der Waals surface area contributed by atoms with E-state index in [0.29, 0.717) is 22.9 Å². The Hall–Kier alpha value is -15.0. The summed E-state index contributed by atoms with van der Waals surface area (Å²) in [4.78, 5) is 2.42. The van der Waals surface area contributed by atoms with Gasteiger partial charge in [0.15, 0.2) is 0 Å². The Balaban J connectivity index is 0.851. The van der Waals surface area contributed by atoms with Crippen LogP contribution in [0.25, 0.3) is 133 Å². The van der Waals surface area contributed by atoms with Gasteiger partial charge in [-0.05, 0) is 196 Å². The van der Waals surface area contributed by atoms with Crippen LogP contribution in [0, 0.1) is 0 Å². The van der Waals surface area contributed by atoms with Crippen molar-refractivity contribution < 1.29 is 20.1 Å². The van der Waals surface area contributed by atoms with Crippen LogP contribution < -0.4 is 26.0 Å². The van der Waals surface area contributed by atoms with Crippen LogP contribution in [0.15, 0.2) is 417 Å². The summed E-state index contributed by atoms with van der Waals surface area (Å²) in [5.74, 6) is 1.33. The third kappa shape index (κ3) is 8.95. The van der Waals surface area contributed by atoms with Crippen molar-refractivity contribution >= 4 is 106 Å². The van der Waals surface area contributed by atoms with Crippen molar-refractivity contribution in [3.8, 4) is 78.5 Å². The van der Waals surface area contributed by atoms with E-state index >= 15 is 0 Å². The van der Waals surface area contributed by atoms with Crippen LogP contribution in [0.3, 0.4) is 0 Å². The number of nitrogens with zero attached hydrogens (tertiary/aromatic N) is 3. The molecule has 5 heterocycles. The summed E-state index contributed by atoms with van der Waals surface area (Å²) < 4.78 is 95.7. The molecule has 5 nitrogen and oxygen atoms in total. The highest BCUT2D eigenvalue weighted by Crippen LogP contribution is 2.61. The maximum Gasteiger partial charge on any atom is 0.256 e. The van der Waals surface area contributed by atoms with E-state index in [2.05, 4.69) is 343 Å². The molecule has 0 unspecified atom stereocenters. The maximum atomic E-state index is 10.1. The summed E-state index contributed by atoms with van der Waals surface area (Å²) >= 11 is 0. The zero-order chi connectivity index (χ0) is 82.9. The molecular weight excluding hydrogens is 1410 g/mol. The van der Waals surface area contributed by atoms with Crippen LogP contribution in [0.2, 0.25) is 0 Å². The van der Waals surface area contributed by atoms with Crippen LogP contribution in [0.1, 0.15) is 55.5 Å². The lowest BCUT2D eigenvalue weighted by molar-refractivity contribution is 0.493. The molecule has 21 aromatic rings. The molecule has 25 rings (SSSR count). The topological polar surface area (TPSA) is 35.5 Å². The quantitative estimate of drug-likeness (QED) is 0.128. The normalized spacial score (nSPS) is 14.7. The highest BCUT2D eigenvalue weighted by atomic mass is 16.5. The molecule has 0 fully saturated rings. The number of anilines is 3. The number of hydrogen-bond acceptors (Lipinski definition) is 3. The third-order valence-electron chi connectivity index (χ3n) is 25.4. The molecule has 0 amide bonds. The van der Waals surface area contributed by atoms with Crippen LogP contribution in [0.4, 0.5) is 17.1 Å². The van der Waals surface area contributed by atoms with Crippen molar-refractivity contribution in [2.24, 2.45) is 0 Å². The Labute approximate surface area is 682 Å². The number of para-hydroxylation sites is 6. The smallest absolute Gasteiger partial charge is 0.256 e. The highest BCUT2D eigenvalue weighted by Gasteiger charge is 2.50. The lowest BCUT2D eigenvalue weighted by Gasteiger charge is -2.42. The minimum Gasteiger partial charge on any atom is -0.458 e. The molecule has 4 aliphatic rings. The van der Waals surface area contributed by atoms with Crippen LogP contribution in [-0.2, 0) is 10.8 Å². The molecular formula is C110H68BN3O2. The van der Waals surface area contributed by atoms with Gasteiger partial charge in [0.25, 0.3) is 6.71 Å². The summed E-state index contributed by atoms with van der Waals surface area (Å²) in [5.41, 5.74) is 27.1. The molecule has 538 valence electrons. The van der Waals surface area contributed by atoms with Gasteiger partial charge in [-0.3, -0.25) is 0 Å². The van der Waals surface area contributed by atoms with E-state index in [1.54, 1.807) is 4.57 Å². The summed E-state index contributed by atoms with van der Waals surface area (Å²) in [6.45, 7) is -0.582. The molecule has 0 atom stereocenters. The van der Waals surface area contributed by atoms with Crippen molar-refractivity contribution in [3.63, 3.8) is 0 Å². The van der Waals surface area contributed by atoms with E-state index in [0.717, 1.165) is 166 Å². The fourth-order valence-electron chi connectivity index (χ4n) is 20.7. The number of ether oxygens (including phenoxy) is 1. The first-order valence-electron chi connectivity index (χ1n) is 43.6. The van der Waals surface area contributed by atoms with Gasteiger partial charge in [-0.2, -0.15) is 0 Å². The first-order chi connectivity index (χ1) is 60.9. The predicted molar refractivity (Wildman–Crippen MR) is 479 cm³/mol. The van der Waals surface area contributed by atoms with Gasteiger partial charge in [-0.1, -0.05) is 321 Å². The summed E-state index contributed by atoms with van der Waals surface area (Å²) in [5, 5.41) is 3.83. The first-order valence-corrected chi connectivity index (χ1v) is 39.6. The number of benzene rings is 18. The standard InChI is InChI=1S/C110H68BN3O2/c1-6-29-73(30-7-1)109(74-31-8-2-9-32-74)90-47-22-16-39-81(90)83-57-53-70(64-92(83)109)79-45-28-46-80(71-54-58-84-82-40-17-23-48-91(82)110(93(84)65-71,75-33-10-3-11-34-75)76-35-12-4-13-36-76)107(79)114-100-68-78(113-96-49-24-18-41-85(96)86-42-19-25-50-97(86)113)56-59-94(100)111-95-60-61-99-105(88-44-20-26-51-98(88)112(99)77-37-14-5-15-38-77)108(95)116-104-67-72(66-101(114)106(104)111)69-55-62-103-89(63-69)87-43-21-27-52-102(87)115-103/h1-68H/i18D,19D,24D,25D,41D,42D,49D,50D. The van der Waals surface area contributed by atoms with Crippen LogP contribution >= 0.6 is 0 Å². The van der Waals surface area contributed by atoms with Crippen LogP contribution in [-0.4, -0.2) is 15.8 Å².